The van der Waals surface area contributed by atoms with Gasteiger partial charge in [0.15, 0.2) is 0 Å². The van der Waals surface area contributed by atoms with Crippen LogP contribution >= 0.6 is 0 Å². The number of nitrogens with one attached hydrogen (secondary N) is 1. The van der Waals surface area contributed by atoms with Crippen LogP contribution in [0.2, 0.25) is 0 Å². The maximum absolute atomic E-state index is 12.5. The Morgan fingerprint density at radius 2 is 1.65 bits per heavy atom. The number of benzene rings is 2. The molecule has 2 aromatic carbocycles. The molecule has 0 saturated carbocycles. The van der Waals surface area contributed by atoms with Gasteiger partial charge in [0.1, 0.15) is 0 Å². The van der Waals surface area contributed by atoms with Gasteiger partial charge in [0.05, 0.1) is 11.0 Å². The summed E-state index contributed by atoms with van der Waals surface area (Å²) in [5.74, 6) is -0.0818. The monoisotopic (exact) mass is 303 g/mol. The van der Waals surface area contributed by atoms with E-state index in [1.165, 1.54) is 24.0 Å². The van der Waals surface area contributed by atoms with Gasteiger partial charge in [-0.3, -0.25) is 14.8 Å². The predicted octanol–water partition coefficient (Wildman–Crippen LogP) is 3.76. The average Bonchev–Trinajstić information content (AvgIpc) is 2.61. The molecular formula is C19H17N3O. The summed E-state index contributed by atoms with van der Waals surface area (Å²) in [5.41, 5.74) is 5.74. The van der Waals surface area contributed by atoms with Crippen LogP contribution in [0.4, 0.5) is 5.69 Å². The normalized spacial score (nSPS) is 13.6. The number of carbonyl (C=O) groups excluding carboxylic acids is 1. The second kappa shape index (κ2) is 5.80. The number of carbonyl (C=O) groups is 1. The third-order valence-corrected chi connectivity index (χ3v) is 4.34. The highest BCUT2D eigenvalue weighted by molar-refractivity contribution is 6.05. The molecular weight excluding hydrogens is 286 g/mol. The number of amides is 1. The second-order valence-electron chi connectivity index (χ2n) is 5.90. The fraction of sp³-hybridized carbons (Fsp3) is 0.211. The molecule has 1 amide bonds. The third kappa shape index (κ3) is 2.80. The van der Waals surface area contributed by atoms with E-state index >= 15 is 0 Å². The summed E-state index contributed by atoms with van der Waals surface area (Å²) >= 11 is 0. The highest BCUT2D eigenvalue weighted by Crippen LogP contribution is 2.23. The maximum atomic E-state index is 12.5. The van der Waals surface area contributed by atoms with Crippen LogP contribution in [0.25, 0.3) is 11.0 Å². The first kappa shape index (κ1) is 13.9. The van der Waals surface area contributed by atoms with Crippen molar-refractivity contribution in [3.05, 3.63) is 65.5 Å². The van der Waals surface area contributed by atoms with Crippen LogP contribution in [0.5, 0.6) is 0 Å². The molecule has 4 rings (SSSR count). The Bertz CT molecular complexity index is 889. The lowest BCUT2D eigenvalue weighted by atomic mass is 9.90. The standard InChI is InChI=1S/C19H17N3O/c23-19(15-6-5-13-3-1-2-4-14(13)11-15)22-16-7-8-17-18(12-16)21-10-9-20-17/h5-12H,1-4H2,(H,22,23). The Hall–Kier alpha value is -2.75. The van der Waals surface area contributed by atoms with Gasteiger partial charge in [-0.25, -0.2) is 0 Å². The van der Waals surface area contributed by atoms with E-state index in [4.69, 9.17) is 0 Å². The van der Waals surface area contributed by atoms with Crippen LogP contribution in [0.1, 0.15) is 34.3 Å². The zero-order chi connectivity index (χ0) is 15.6. The fourth-order valence-corrected chi connectivity index (χ4v) is 3.12. The Labute approximate surface area is 134 Å². The second-order valence-corrected chi connectivity index (χ2v) is 5.90. The van der Waals surface area contributed by atoms with Gasteiger partial charge in [-0.15, -0.1) is 0 Å². The Morgan fingerprint density at radius 3 is 2.52 bits per heavy atom. The van der Waals surface area contributed by atoms with Crippen LogP contribution in [0.15, 0.2) is 48.8 Å². The van der Waals surface area contributed by atoms with Crippen molar-refractivity contribution in [2.24, 2.45) is 0 Å². The lowest BCUT2D eigenvalue weighted by Crippen LogP contribution is -2.13. The first-order valence-corrected chi connectivity index (χ1v) is 7.93. The van der Waals surface area contributed by atoms with Crippen molar-refractivity contribution in [1.82, 2.24) is 9.97 Å². The number of aryl methyl sites for hydroxylation is 2. The van der Waals surface area contributed by atoms with Crippen molar-refractivity contribution in [2.75, 3.05) is 5.32 Å². The number of fused-ring (bicyclic) bond motifs is 2. The number of hydrogen-bond acceptors (Lipinski definition) is 3. The molecule has 0 saturated heterocycles. The summed E-state index contributed by atoms with van der Waals surface area (Å²) in [6, 6.07) is 11.6. The molecule has 0 fully saturated rings. The number of rotatable bonds is 2. The molecule has 1 N–H and O–H groups in total. The smallest absolute Gasteiger partial charge is 0.255 e. The number of hydrogen-bond donors (Lipinski definition) is 1. The molecule has 3 aromatic rings. The molecule has 0 unspecified atom stereocenters. The molecule has 0 bridgehead atoms. The van der Waals surface area contributed by atoms with Gasteiger partial charge < -0.3 is 5.32 Å². The van der Waals surface area contributed by atoms with Crippen LogP contribution in [0.3, 0.4) is 0 Å². The number of anilines is 1. The van der Waals surface area contributed by atoms with E-state index in [2.05, 4.69) is 21.4 Å². The first-order valence-electron chi connectivity index (χ1n) is 7.93. The van der Waals surface area contributed by atoms with E-state index < -0.39 is 0 Å². The van der Waals surface area contributed by atoms with Crippen molar-refractivity contribution in [1.29, 1.82) is 0 Å². The summed E-state index contributed by atoms with van der Waals surface area (Å²) in [4.78, 5) is 21.0. The van der Waals surface area contributed by atoms with E-state index in [9.17, 15) is 4.79 Å². The zero-order valence-corrected chi connectivity index (χ0v) is 12.7. The Morgan fingerprint density at radius 1 is 0.870 bits per heavy atom. The minimum Gasteiger partial charge on any atom is -0.322 e. The predicted molar refractivity (Wildman–Crippen MR) is 90.6 cm³/mol. The molecule has 0 radical (unpaired) electrons. The first-order chi connectivity index (χ1) is 11.3. The summed E-state index contributed by atoms with van der Waals surface area (Å²) < 4.78 is 0. The summed E-state index contributed by atoms with van der Waals surface area (Å²) in [6.07, 6.45) is 7.96. The highest BCUT2D eigenvalue weighted by atomic mass is 16.1. The average molecular weight is 303 g/mol. The molecule has 114 valence electrons. The quantitative estimate of drug-likeness (QED) is 0.784. The van der Waals surface area contributed by atoms with Crippen LogP contribution in [-0.4, -0.2) is 15.9 Å². The minimum atomic E-state index is -0.0818. The third-order valence-electron chi connectivity index (χ3n) is 4.34. The van der Waals surface area contributed by atoms with Gasteiger partial charge in [-0.05, 0) is 67.1 Å². The van der Waals surface area contributed by atoms with Gasteiger partial charge in [-0.2, -0.15) is 0 Å². The van der Waals surface area contributed by atoms with Crippen LogP contribution < -0.4 is 5.32 Å². The molecule has 0 aliphatic heterocycles. The SMILES string of the molecule is O=C(Nc1ccc2nccnc2c1)c1ccc2c(c1)CCCC2. The summed E-state index contributed by atoms with van der Waals surface area (Å²) in [7, 11) is 0. The van der Waals surface area contributed by atoms with Gasteiger partial charge in [0, 0.05) is 23.6 Å². The molecule has 4 heteroatoms. The van der Waals surface area contributed by atoms with E-state index in [1.807, 2.05) is 30.3 Å². The minimum absolute atomic E-state index is 0.0818. The molecule has 23 heavy (non-hydrogen) atoms. The van der Waals surface area contributed by atoms with Gasteiger partial charge >= 0.3 is 0 Å². The van der Waals surface area contributed by atoms with Crippen molar-refractivity contribution in [2.45, 2.75) is 25.7 Å². The van der Waals surface area contributed by atoms with Crippen molar-refractivity contribution in [3.8, 4) is 0 Å². The topological polar surface area (TPSA) is 54.9 Å². The Kier molecular flexibility index (Phi) is 3.50. The maximum Gasteiger partial charge on any atom is 0.255 e. The molecule has 1 aliphatic carbocycles. The van der Waals surface area contributed by atoms with Crippen molar-refractivity contribution < 1.29 is 4.79 Å². The molecule has 1 aromatic heterocycles. The fourth-order valence-electron chi connectivity index (χ4n) is 3.12. The lowest BCUT2D eigenvalue weighted by Gasteiger charge is -2.16. The highest BCUT2D eigenvalue weighted by Gasteiger charge is 2.13. The van der Waals surface area contributed by atoms with E-state index in [-0.39, 0.29) is 5.91 Å². The lowest BCUT2D eigenvalue weighted by molar-refractivity contribution is 0.102. The number of nitrogens with zero attached hydrogens (tertiary/aromatic N) is 2. The van der Waals surface area contributed by atoms with Crippen molar-refractivity contribution >= 4 is 22.6 Å². The molecule has 1 heterocycles. The summed E-state index contributed by atoms with van der Waals surface area (Å²) in [6.45, 7) is 0. The van der Waals surface area contributed by atoms with Crippen LogP contribution in [0, 0.1) is 0 Å². The van der Waals surface area contributed by atoms with Crippen molar-refractivity contribution in [3.63, 3.8) is 0 Å². The summed E-state index contributed by atoms with van der Waals surface area (Å²) in [5, 5.41) is 2.95. The van der Waals surface area contributed by atoms with Crippen LogP contribution in [-0.2, 0) is 12.8 Å². The Balaban J connectivity index is 1.59. The molecule has 0 atom stereocenters. The molecule has 4 nitrogen and oxygen atoms in total. The van der Waals surface area contributed by atoms with Gasteiger partial charge in [0.2, 0.25) is 0 Å². The van der Waals surface area contributed by atoms with E-state index in [0.717, 1.165) is 29.6 Å². The number of aromatic nitrogens is 2. The zero-order valence-electron chi connectivity index (χ0n) is 12.7. The molecule has 0 spiro atoms. The van der Waals surface area contributed by atoms with E-state index in [0.29, 0.717) is 5.56 Å². The van der Waals surface area contributed by atoms with E-state index in [1.54, 1.807) is 12.4 Å². The van der Waals surface area contributed by atoms with Gasteiger partial charge in [-0.1, -0.05) is 6.07 Å². The molecule has 1 aliphatic rings. The largest absolute Gasteiger partial charge is 0.322 e. The van der Waals surface area contributed by atoms with Gasteiger partial charge in [0.25, 0.3) is 5.91 Å².